The summed E-state index contributed by atoms with van der Waals surface area (Å²) in [4.78, 5) is 17.8. The Kier molecular flexibility index (Phi) is 12.4. The summed E-state index contributed by atoms with van der Waals surface area (Å²) in [5.41, 5.74) is 0. The van der Waals surface area contributed by atoms with Crippen molar-refractivity contribution in [2.75, 3.05) is 39.9 Å². The summed E-state index contributed by atoms with van der Waals surface area (Å²) in [6, 6.07) is 10.2. The molecule has 1 heterocycles. The summed E-state index contributed by atoms with van der Waals surface area (Å²) >= 11 is 0. The zero-order valence-corrected chi connectivity index (χ0v) is 19.2. The fourth-order valence-corrected chi connectivity index (χ4v) is 2.95. The Morgan fingerprint density at radius 3 is 2.57 bits per heavy atom. The fraction of sp³-hybridized carbons (Fsp3) is 0.600. The first-order chi connectivity index (χ1) is 13.2. The molecule has 0 spiro atoms. The van der Waals surface area contributed by atoms with E-state index in [0.29, 0.717) is 32.3 Å². The number of carbonyl (C=O) groups is 1. The van der Waals surface area contributed by atoms with Gasteiger partial charge in [-0.15, -0.1) is 24.0 Å². The zero-order chi connectivity index (χ0) is 19.3. The smallest absolute Gasteiger partial charge is 0.409 e. The average Bonchev–Trinajstić information content (AvgIpc) is 2.71. The molecule has 158 valence electrons. The van der Waals surface area contributed by atoms with Gasteiger partial charge >= 0.3 is 6.09 Å². The van der Waals surface area contributed by atoms with E-state index in [0.717, 1.165) is 43.9 Å². The van der Waals surface area contributed by atoms with E-state index in [9.17, 15) is 4.79 Å². The molecule has 1 aromatic rings. The number of guanidine groups is 1. The number of unbranched alkanes of at least 4 members (excludes halogenated alkanes) is 1. The number of rotatable bonds is 8. The Bertz CT molecular complexity index is 578. The van der Waals surface area contributed by atoms with Crippen LogP contribution < -0.4 is 15.4 Å². The van der Waals surface area contributed by atoms with Crippen LogP contribution in [0.1, 0.15) is 32.6 Å². The number of benzene rings is 1. The van der Waals surface area contributed by atoms with Gasteiger partial charge in [0.1, 0.15) is 5.75 Å². The Balaban J connectivity index is 0.00000392. The van der Waals surface area contributed by atoms with Crippen LogP contribution in [0.2, 0.25) is 0 Å². The maximum absolute atomic E-state index is 11.7. The van der Waals surface area contributed by atoms with Crippen LogP contribution in [0.5, 0.6) is 5.75 Å². The summed E-state index contributed by atoms with van der Waals surface area (Å²) in [5, 5.41) is 6.79. The molecule has 1 aliphatic heterocycles. The number of nitrogens with one attached hydrogen (secondary N) is 2. The molecule has 2 N–H and O–H groups in total. The highest BCUT2D eigenvalue weighted by Crippen LogP contribution is 2.11. The second-order valence-corrected chi connectivity index (χ2v) is 6.47. The molecule has 0 aromatic heterocycles. The number of amides is 1. The van der Waals surface area contributed by atoms with Gasteiger partial charge in [0.2, 0.25) is 0 Å². The van der Waals surface area contributed by atoms with Gasteiger partial charge in [0.25, 0.3) is 0 Å². The Morgan fingerprint density at radius 1 is 1.21 bits per heavy atom. The topological polar surface area (TPSA) is 75.2 Å². The van der Waals surface area contributed by atoms with Crippen LogP contribution >= 0.6 is 24.0 Å². The fourth-order valence-electron chi connectivity index (χ4n) is 2.95. The van der Waals surface area contributed by atoms with Crippen molar-refractivity contribution < 1.29 is 14.3 Å². The molecule has 0 radical (unpaired) electrons. The predicted molar refractivity (Wildman–Crippen MR) is 123 cm³/mol. The van der Waals surface area contributed by atoms with Crippen molar-refractivity contribution in [3.63, 3.8) is 0 Å². The van der Waals surface area contributed by atoms with E-state index < -0.39 is 0 Å². The molecule has 2 rings (SSSR count). The quantitative estimate of drug-likeness (QED) is 0.246. The van der Waals surface area contributed by atoms with Crippen LogP contribution in [0, 0.1) is 0 Å². The Hall–Kier alpha value is -1.71. The molecule has 8 heteroatoms. The molecular formula is C20H33IN4O3. The van der Waals surface area contributed by atoms with Crippen LogP contribution in [0.15, 0.2) is 35.3 Å². The molecular weight excluding hydrogens is 471 g/mol. The van der Waals surface area contributed by atoms with Crippen molar-refractivity contribution in [3.8, 4) is 5.75 Å². The van der Waals surface area contributed by atoms with Gasteiger partial charge in [-0.3, -0.25) is 4.99 Å². The van der Waals surface area contributed by atoms with Crippen molar-refractivity contribution in [2.45, 2.75) is 38.6 Å². The van der Waals surface area contributed by atoms with Crippen LogP contribution in [0.4, 0.5) is 4.79 Å². The molecule has 0 unspecified atom stereocenters. The van der Waals surface area contributed by atoms with Gasteiger partial charge in [0.05, 0.1) is 13.2 Å². The van der Waals surface area contributed by atoms with E-state index in [2.05, 4.69) is 15.6 Å². The van der Waals surface area contributed by atoms with Crippen LogP contribution in [0.3, 0.4) is 0 Å². The lowest BCUT2D eigenvalue weighted by Gasteiger charge is -2.32. The van der Waals surface area contributed by atoms with Gasteiger partial charge in [0.15, 0.2) is 5.96 Å². The average molecular weight is 504 g/mol. The Morgan fingerprint density at radius 2 is 1.93 bits per heavy atom. The molecule has 1 aliphatic rings. The van der Waals surface area contributed by atoms with Gasteiger partial charge in [-0.25, -0.2) is 4.79 Å². The van der Waals surface area contributed by atoms with Crippen LogP contribution in [-0.2, 0) is 4.74 Å². The molecule has 0 atom stereocenters. The third-order valence-electron chi connectivity index (χ3n) is 4.46. The number of likely N-dealkylation sites (tertiary alicyclic amines) is 1. The standard InChI is InChI=1S/C20H32N4O3.HI/c1-3-26-20(25)24-14-11-17(12-15-24)23-19(21-2)22-13-7-8-16-27-18-9-5-4-6-10-18;/h4-6,9-10,17H,3,7-8,11-16H2,1-2H3,(H2,21,22,23);1H. The predicted octanol–water partition coefficient (Wildman–Crippen LogP) is 3.25. The number of ether oxygens (including phenoxy) is 2. The maximum atomic E-state index is 11.7. The monoisotopic (exact) mass is 504 g/mol. The minimum Gasteiger partial charge on any atom is -0.494 e. The molecule has 1 saturated heterocycles. The molecule has 1 fully saturated rings. The largest absolute Gasteiger partial charge is 0.494 e. The minimum atomic E-state index is -0.212. The maximum Gasteiger partial charge on any atom is 0.409 e. The summed E-state index contributed by atoms with van der Waals surface area (Å²) in [5.74, 6) is 1.73. The van der Waals surface area contributed by atoms with Gasteiger partial charge in [-0.2, -0.15) is 0 Å². The lowest BCUT2D eigenvalue weighted by atomic mass is 10.1. The number of piperidine rings is 1. The molecule has 1 aromatic carbocycles. The number of halogens is 1. The van der Waals surface area contributed by atoms with Gasteiger partial charge in [0, 0.05) is 32.7 Å². The third-order valence-corrected chi connectivity index (χ3v) is 4.46. The number of hydrogen-bond acceptors (Lipinski definition) is 4. The first-order valence-electron chi connectivity index (χ1n) is 9.79. The number of nitrogens with zero attached hydrogens (tertiary/aromatic N) is 2. The van der Waals surface area contributed by atoms with Gasteiger partial charge < -0.3 is 25.0 Å². The number of carbonyl (C=O) groups excluding carboxylic acids is 1. The van der Waals surface area contributed by atoms with E-state index in [4.69, 9.17) is 9.47 Å². The summed E-state index contributed by atoms with van der Waals surface area (Å²) < 4.78 is 10.7. The lowest BCUT2D eigenvalue weighted by Crippen LogP contribution is -2.50. The molecule has 0 aliphatic carbocycles. The number of aliphatic imine (C=N–C) groups is 1. The molecule has 0 bridgehead atoms. The van der Waals surface area contributed by atoms with Gasteiger partial charge in [-0.1, -0.05) is 18.2 Å². The van der Waals surface area contributed by atoms with Crippen molar-refractivity contribution in [1.82, 2.24) is 15.5 Å². The van der Waals surface area contributed by atoms with Crippen LogP contribution in [0.25, 0.3) is 0 Å². The molecule has 0 saturated carbocycles. The summed E-state index contributed by atoms with van der Waals surface area (Å²) in [6.07, 6.45) is 3.57. The SMILES string of the molecule is CCOC(=O)N1CCC(NC(=NC)NCCCCOc2ccccc2)CC1.I. The second kappa shape index (κ2) is 14.3. The molecule has 28 heavy (non-hydrogen) atoms. The van der Waals surface area contributed by atoms with E-state index in [1.807, 2.05) is 37.3 Å². The van der Waals surface area contributed by atoms with Crippen molar-refractivity contribution >= 4 is 36.0 Å². The highest BCUT2D eigenvalue weighted by atomic mass is 127. The third kappa shape index (κ3) is 8.99. The van der Waals surface area contributed by atoms with E-state index in [-0.39, 0.29) is 30.1 Å². The van der Waals surface area contributed by atoms with Gasteiger partial charge in [-0.05, 0) is 44.7 Å². The first kappa shape index (κ1) is 24.3. The first-order valence-corrected chi connectivity index (χ1v) is 9.79. The van der Waals surface area contributed by atoms with Crippen LogP contribution in [-0.4, -0.2) is 62.9 Å². The van der Waals surface area contributed by atoms with Crippen molar-refractivity contribution in [1.29, 1.82) is 0 Å². The molecule has 7 nitrogen and oxygen atoms in total. The second-order valence-electron chi connectivity index (χ2n) is 6.47. The summed E-state index contributed by atoms with van der Waals surface area (Å²) in [7, 11) is 1.78. The van der Waals surface area contributed by atoms with E-state index in [1.54, 1.807) is 11.9 Å². The van der Waals surface area contributed by atoms with E-state index in [1.165, 1.54) is 0 Å². The van der Waals surface area contributed by atoms with Crippen molar-refractivity contribution in [2.24, 2.45) is 4.99 Å². The van der Waals surface area contributed by atoms with Crippen molar-refractivity contribution in [3.05, 3.63) is 30.3 Å². The highest BCUT2D eigenvalue weighted by molar-refractivity contribution is 14.0. The van der Waals surface area contributed by atoms with E-state index >= 15 is 0 Å². The molecule has 1 amide bonds. The zero-order valence-electron chi connectivity index (χ0n) is 16.9. The normalized spacial score (nSPS) is 14.8. The Labute approximate surface area is 185 Å². The highest BCUT2D eigenvalue weighted by Gasteiger charge is 2.23. The lowest BCUT2D eigenvalue weighted by molar-refractivity contribution is 0.0963. The number of hydrogen-bond donors (Lipinski definition) is 2. The minimum absolute atomic E-state index is 0. The number of para-hydroxylation sites is 1. The summed E-state index contributed by atoms with van der Waals surface area (Å²) in [6.45, 7) is 5.23.